The Labute approximate surface area is 106 Å². The Hall–Kier alpha value is -1.04. The van der Waals surface area contributed by atoms with Crippen LogP contribution in [0.15, 0.2) is 5.16 Å². The summed E-state index contributed by atoms with van der Waals surface area (Å²) in [5, 5.41) is 17.5. The van der Waals surface area contributed by atoms with Crippen LogP contribution in [0.1, 0.15) is 39.4 Å². The van der Waals surface area contributed by atoms with E-state index in [9.17, 15) is 4.79 Å². The molecule has 0 saturated carbocycles. The van der Waals surface area contributed by atoms with Crippen LogP contribution in [-0.4, -0.2) is 31.6 Å². The van der Waals surface area contributed by atoms with Crippen molar-refractivity contribution in [2.45, 2.75) is 51.2 Å². The maximum absolute atomic E-state index is 10.6. The third kappa shape index (κ3) is 3.46. The molecule has 0 atom stereocenters. The smallest absolute Gasteiger partial charge is 0.313 e. The minimum atomic E-state index is -0.837. The van der Waals surface area contributed by atoms with E-state index in [1.807, 2.05) is 11.5 Å². The molecule has 0 aliphatic heterocycles. The summed E-state index contributed by atoms with van der Waals surface area (Å²) in [6, 6.07) is 0. The molecule has 1 N–H and O–H groups in total. The first-order chi connectivity index (χ1) is 7.88. The highest BCUT2D eigenvalue weighted by molar-refractivity contribution is 7.99. The summed E-state index contributed by atoms with van der Waals surface area (Å²) in [6.45, 7) is 8.27. The number of carbonyl (C=O) groups is 1. The fourth-order valence-electron chi connectivity index (χ4n) is 1.98. The molecule has 1 aromatic heterocycles. The van der Waals surface area contributed by atoms with Crippen LogP contribution in [0, 0.1) is 6.92 Å². The van der Waals surface area contributed by atoms with Crippen molar-refractivity contribution in [2.75, 3.05) is 5.75 Å². The van der Waals surface area contributed by atoms with Crippen LogP contribution >= 0.6 is 11.8 Å². The van der Waals surface area contributed by atoms with Gasteiger partial charge in [-0.3, -0.25) is 4.79 Å². The van der Waals surface area contributed by atoms with Gasteiger partial charge in [0.15, 0.2) is 5.16 Å². The molecule has 0 aromatic carbocycles. The van der Waals surface area contributed by atoms with Gasteiger partial charge in [0.1, 0.15) is 5.82 Å². The standard InChI is InChI=1S/C11H19N3O2S/c1-5-6-11(3,4)14-8(2)12-13-10(14)17-7-9(15)16/h5-7H2,1-4H3,(H,15,16). The number of nitrogens with zero attached hydrogens (tertiary/aromatic N) is 3. The predicted molar refractivity (Wildman–Crippen MR) is 67.3 cm³/mol. The Balaban J connectivity index is 2.97. The Bertz CT molecular complexity index is 401. The maximum Gasteiger partial charge on any atom is 0.313 e. The highest BCUT2D eigenvalue weighted by Gasteiger charge is 2.25. The summed E-state index contributed by atoms with van der Waals surface area (Å²) < 4.78 is 2.03. The van der Waals surface area contributed by atoms with Crippen molar-refractivity contribution in [2.24, 2.45) is 0 Å². The summed E-state index contributed by atoms with van der Waals surface area (Å²) >= 11 is 1.22. The molecule has 96 valence electrons. The van der Waals surface area contributed by atoms with Gasteiger partial charge in [-0.05, 0) is 27.2 Å². The Morgan fingerprint density at radius 3 is 2.65 bits per heavy atom. The fourth-order valence-corrected chi connectivity index (χ4v) is 2.84. The van der Waals surface area contributed by atoms with Crippen molar-refractivity contribution in [1.82, 2.24) is 14.8 Å². The van der Waals surface area contributed by atoms with Crippen LogP contribution in [0.4, 0.5) is 0 Å². The molecule has 17 heavy (non-hydrogen) atoms. The number of aryl methyl sites for hydroxylation is 1. The van der Waals surface area contributed by atoms with Crippen molar-refractivity contribution in [3.05, 3.63) is 5.82 Å². The highest BCUT2D eigenvalue weighted by Crippen LogP contribution is 2.28. The number of aromatic nitrogens is 3. The van der Waals surface area contributed by atoms with E-state index >= 15 is 0 Å². The van der Waals surface area contributed by atoms with Gasteiger partial charge in [-0.1, -0.05) is 25.1 Å². The molecule has 1 aromatic rings. The SMILES string of the molecule is CCCC(C)(C)n1c(C)nnc1SCC(=O)O. The van der Waals surface area contributed by atoms with Crippen molar-refractivity contribution in [1.29, 1.82) is 0 Å². The predicted octanol–water partition coefficient (Wildman–Crippen LogP) is 2.30. The van der Waals surface area contributed by atoms with Crippen LogP contribution in [-0.2, 0) is 10.3 Å². The van der Waals surface area contributed by atoms with Crippen LogP contribution in [0.3, 0.4) is 0 Å². The monoisotopic (exact) mass is 257 g/mol. The molecular formula is C11H19N3O2S. The van der Waals surface area contributed by atoms with Crippen LogP contribution in [0.25, 0.3) is 0 Å². The van der Waals surface area contributed by atoms with Gasteiger partial charge in [-0.2, -0.15) is 0 Å². The van der Waals surface area contributed by atoms with Crippen LogP contribution < -0.4 is 0 Å². The van der Waals surface area contributed by atoms with Crippen LogP contribution in [0.2, 0.25) is 0 Å². The lowest BCUT2D eigenvalue weighted by atomic mass is 9.98. The fraction of sp³-hybridized carbons (Fsp3) is 0.727. The third-order valence-electron chi connectivity index (χ3n) is 2.59. The molecule has 5 nitrogen and oxygen atoms in total. The Morgan fingerprint density at radius 1 is 1.47 bits per heavy atom. The molecule has 6 heteroatoms. The highest BCUT2D eigenvalue weighted by atomic mass is 32.2. The van der Waals surface area contributed by atoms with E-state index in [0.717, 1.165) is 18.7 Å². The quantitative estimate of drug-likeness (QED) is 0.792. The summed E-state index contributed by atoms with van der Waals surface area (Å²) in [7, 11) is 0. The van der Waals surface area contributed by atoms with Gasteiger partial charge in [0.25, 0.3) is 0 Å². The third-order valence-corrected chi connectivity index (χ3v) is 3.50. The average molecular weight is 257 g/mol. The summed E-state index contributed by atoms with van der Waals surface area (Å²) in [5.74, 6) is 0.00667. The second kappa shape index (κ2) is 5.53. The van der Waals surface area contributed by atoms with Gasteiger partial charge in [-0.25, -0.2) is 0 Å². The lowest BCUT2D eigenvalue weighted by molar-refractivity contribution is -0.133. The molecular weight excluding hydrogens is 238 g/mol. The first kappa shape index (κ1) is 14.0. The van der Waals surface area contributed by atoms with E-state index in [1.165, 1.54) is 11.8 Å². The molecule has 1 rings (SSSR count). The van der Waals surface area contributed by atoms with Crippen molar-refractivity contribution in [3.8, 4) is 0 Å². The van der Waals surface area contributed by atoms with E-state index in [0.29, 0.717) is 5.16 Å². The molecule has 0 amide bonds. The van der Waals surface area contributed by atoms with Crippen LogP contribution in [0.5, 0.6) is 0 Å². The zero-order valence-corrected chi connectivity index (χ0v) is 11.5. The van der Waals surface area contributed by atoms with E-state index in [4.69, 9.17) is 5.11 Å². The number of thioether (sulfide) groups is 1. The second-order valence-corrected chi connectivity index (χ2v) is 5.55. The van der Waals surface area contributed by atoms with Gasteiger partial charge in [0, 0.05) is 5.54 Å². The normalized spacial score (nSPS) is 11.8. The zero-order chi connectivity index (χ0) is 13.1. The summed E-state index contributed by atoms with van der Waals surface area (Å²) in [5.41, 5.74) is -0.0802. The molecule has 0 radical (unpaired) electrons. The first-order valence-corrected chi connectivity index (χ1v) is 6.64. The lowest BCUT2D eigenvalue weighted by Gasteiger charge is -2.28. The second-order valence-electron chi connectivity index (χ2n) is 4.61. The van der Waals surface area contributed by atoms with Crippen molar-refractivity contribution in [3.63, 3.8) is 0 Å². The molecule has 0 bridgehead atoms. The number of rotatable bonds is 6. The minimum absolute atomic E-state index is 0.0142. The van der Waals surface area contributed by atoms with Crippen molar-refractivity contribution < 1.29 is 9.90 Å². The van der Waals surface area contributed by atoms with Gasteiger partial charge < -0.3 is 9.67 Å². The maximum atomic E-state index is 10.6. The number of hydrogen-bond donors (Lipinski definition) is 1. The van der Waals surface area contributed by atoms with Gasteiger partial charge in [0.05, 0.1) is 5.75 Å². The molecule has 0 saturated heterocycles. The van der Waals surface area contributed by atoms with E-state index in [1.54, 1.807) is 0 Å². The number of hydrogen-bond acceptors (Lipinski definition) is 4. The molecule has 1 heterocycles. The number of aliphatic carboxylic acids is 1. The molecule has 0 aliphatic carbocycles. The lowest BCUT2D eigenvalue weighted by Crippen LogP contribution is -2.28. The Morgan fingerprint density at radius 2 is 2.12 bits per heavy atom. The van der Waals surface area contributed by atoms with E-state index in [-0.39, 0.29) is 11.3 Å². The largest absolute Gasteiger partial charge is 0.481 e. The summed E-state index contributed by atoms with van der Waals surface area (Å²) in [4.78, 5) is 10.6. The van der Waals surface area contributed by atoms with E-state index < -0.39 is 5.97 Å². The van der Waals surface area contributed by atoms with Gasteiger partial charge >= 0.3 is 5.97 Å². The zero-order valence-electron chi connectivity index (χ0n) is 10.7. The first-order valence-electron chi connectivity index (χ1n) is 5.65. The average Bonchev–Trinajstić information content (AvgIpc) is 2.57. The van der Waals surface area contributed by atoms with Gasteiger partial charge in [-0.15, -0.1) is 10.2 Å². The molecule has 0 spiro atoms. The number of carboxylic acids is 1. The number of carboxylic acid groups (broad SMARTS) is 1. The topological polar surface area (TPSA) is 68.0 Å². The molecule has 0 unspecified atom stereocenters. The van der Waals surface area contributed by atoms with Crippen molar-refractivity contribution >= 4 is 17.7 Å². The van der Waals surface area contributed by atoms with Gasteiger partial charge in [0.2, 0.25) is 0 Å². The molecule has 0 fully saturated rings. The minimum Gasteiger partial charge on any atom is -0.481 e. The molecule has 0 aliphatic rings. The van der Waals surface area contributed by atoms with E-state index in [2.05, 4.69) is 31.0 Å². The Kier molecular flexibility index (Phi) is 4.56. The summed E-state index contributed by atoms with van der Waals surface area (Å²) in [6.07, 6.45) is 2.07.